The molecule has 2 heterocycles. The van der Waals surface area contributed by atoms with E-state index >= 15 is 0 Å². The maximum Gasteiger partial charge on any atom is 0.236 e. The number of aromatic nitrogens is 2. The Bertz CT molecular complexity index is 1310. The van der Waals surface area contributed by atoms with Gasteiger partial charge in [0.2, 0.25) is 17.2 Å². The molecule has 9 heteroatoms. The molecule has 2 atom stereocenters. The average molecular weight is 482 g/mol. The number of methoxy groups -OCH3 is 2. The molecule has 2 aromatic carbocycles. The standard InChI is InChI=1S/C25H24ClN3O5/c1-13-10-14(27-9-8-20-28-15-6-4-5-7-16(15)29-20)11-19(30)25(13)24(31)21-17(32-2)12-18(33-3)22(26)23(21)34-25/h4-7,11-13,27H,8-10H2,1-3H3,(H,28,29). The lowest BCUT2D eigenvalue weighted by Gasteiger charge is -2.35. The van der Waals surface area contributed by atoms with E-state index in [-0.39, 0.29) is 22.1 Å². The highest BCUT2D eigenvalue weighted by Crippen LogP contribution is 2.52. The van der Waals surface area contributed by atoms with E-state index in [0.29, 0.717) is 25.1 Å². The third-order valence-electron chi connectivity index (χ3n) is 6.46. The van der Waals surface area contributed by atoms with Gasteiger partial charge in [-0.2, -0.15) is 0 Å². The Morgan fingerprint density at radius 2 is 2.00 bits per heavy atom. The summed E-state index contributed by atoms with van der Waals surface area (Å²) in [6.45, 7) is 2.41. The minimum Gasteiger partial charge on any atom is -0.496 e. The number of H-pyrrole nitrogens is 1. The van der Waals surface area contributed by atoms with Crippen LogP contribution in [-0.2, 0) is 11.2 Å². The Hall–Kier alpha value is -3.52. The maximum absolute atomic E-state index is 13.5. The number of ketones is 2. The number of ether oxygens (including phenoxy) is 3. The fraction of sp³-hybridized carbons (Fsp3) is 0.320. The van der Waals surface area contributed by atoms with Crippen molar-refractivity contribution >= 4 is 34.2 Å². The highest BCUT2D eigenvalue weighted by Gasteiger charge is 2.60. The van der Waals surface area contributed by atoms with Crippen molar-refractivity contribution in [2.75, 3.05) is 20.8 Å². The Labute approximate surface area is 201 Å². The Balaban J connectivity index is 1.36. The molecule has 1 aromatic heterocycles. The summed E-state index contributed by atoms with van der Waals surface area (Å²) in [4.78, 5) is 34.7. The van der Waals surface area contributed by atoms with E-state index in [9.17, 15) is 9.59 Å². The van der Waals surface area contributed by atoms with Gasteiger partial charge in [-0.25, -0.2) is 4.98 Å². The highest BCUT2D eigenvalue weighted by molar-refractivity contribution is 6.36. The van der Waals surface area contributed by atoms with Crippen molar-refractivity contribution < 1.29 is 23.8 Å². The number of rotatable bonds is 6. The largest absolute Gasteiger partial charge is 0.496 e. The van der Waals surface area contributed by atoms with Gasteiger partial charge in [-0.3, -0.25) is 9.59 Å². The van der Waals surface area contributed by atoms with Gasteiger partial charge in [-0.15, -0.1) is 0 Å². The number of hydrogen-bond donors (Lipinski definition) is 2. The molecule has 34 heavy (non-hydrogen) atoms. The van der Waals surface area contributed by atoms with Gasteiger partial charge >= 0.3 is 0 Å². The fourth-order valence-electron chi connectivity index (χ4n) is 4.72. The van der Waals surface area contributed by atoms with Crippen LogP contribution in [0.5, 0.6) is 17.2 Å². The number of benzene rings is 2. The monoisotopic (exact) mass is 481 g/mol. The van der Waals surface area contributed by atoms with Gasteiger partial charge in [0.05, 0.1) is 25.3 Å². The first-order valence-corrected chi connectivity index (χ1v) is 11.4. The van der Waals surface area contributed by atoms with Crippen molar-refractivity contribution in [3.05, 3.63) is 58.5 Å². The van der Waals surface area contributed by atoms with E-state index in [2.05, 4.69) is 15.3 Å². The molecule has 0 saturated carbocycles. The molecule has 176 valence electrons. The lowest BCUT2D eigenvalue weighted by atomic mass is 9.74. The lowest BCUT2D eigenvalue weighted by Crippen LogP contribution is -2.55. The van der Waals surface area contributed by atoms with Crippen molar-refractivity contribution in [1.29, 1.82) is 0 Å². The summed E-state index contributed by atoms with van der Waals surface area (Å²) >= 11 is 6.43. The molecule has 1 aliphatic heterocycles. The Kier molecular flexibility index (Phi) is 5.48. The summed E-state index contributed by atoms with van der Waals surface area (Å²) in [6.07, 6.45) is 2.58. The van der Waals surface area contributed by atoms with Gasteiger partial charge in [0.1, 0.15) is 27.9 Å². The second kappa shape index (κ2) is 8.36. The van der Waals surface area contributed by atoms with Crippen LogP contribution in [0.1, 0.15) is 29.5 Å². The summed E-state index contributed by atoms with van der Waals surface area (Å²) < 4.78 is 16.7. The highest BCUT2D eigenvalue weighted by atomic mass is 35.5. The van der Waals surface area contributed by atoms with Crippen molar-refractivity contribution in [3.8, 4) is 17.2 Å². The number of halogens is 1. The molecule has 8 nitrogen and oxygen atoms in total. The molecule has 2 aliphatic rings. The average Bonchev–Trinajstić information content (AvgIpc) is 3.38. The zero-order valence-electron chi connectivity index (χ0n) is 19.0. The number of para-hydroxylation sites is 2. The summed E-state index contributed by atoms with van der Waals surface area (Å²) in [5, 5.41) is 3.45. The first-order chi connectivity index (χ1) is 16.4. The van der Waals surface area contributed by atoms with Gasteiger partial charge in [0.25, 0.3) is 0 Å². The number of Topliss-reactive ketones (excluding diaryl/α,β-unsaturated/α-hetero) is 1. The van der Waals surface area contributed by atoms with Crippen LogP contribution in [0, 0.1) is 5.92 Å². The Morgan fingerprint density at radius 3 is 2.71 bits per heavy atom. The van der Waals surface area contributed by atoms with Crippen LogP contribution < -0.4 is 19.5 Å². The normalized spacial score (nSPS) is 21.4. The number of allylic oxidation sites excluding steroid dienone is 1. The lowest BCUT2D eigenvalue weighted by molar-refractivity contribution is -0.129. The molecule has 0 amide bonds. The molecule has 1 spiro atoms. The third-order valence-corrected chi connectivity index (χ3v) is 6.82. The van der Waals surface area contributed by atoms with E-state index in [4.69, 9.17) is 25.8 Å². The zero-order chi connectivity index (χ0) is 24.0. The first kappa shape index (κ1) is 22.3. The van der Waals surface area contributed by atoms with Crippen molar-refractivity contribution in [1.82, 2.24) is 15.3 Å². The van der Waals surface area contributed by atoms with Crippen LogP contribution in [0.3, 0.4) is 0 Å². The molecular weight excluding hydrogens is 458 g/mol. The third kappa shape index (κ3) is 3.32. The van der Waals surface area contributed by atoms with Gasteiger partial charge in [0.15, 0.2) is 5.75 Å². The van der Waals surface area contributed by atoms with E-state index in [1.54, 1.807) is 0 Å². The van der Waals surface area contributed by atoms with Gasteiger partial charge in [0, 0.05) is 36.7 Å². The summed E-state index contributed by atoms with van der Waals surface area (Å²) in [5.41, 5.74) is 1.16. The van der Waals surface area contributed by atoms with E-state index in [1.807, 2.05) is 31.2 Å². The summed E-state index contributed by atoms with van der Waals surface area (Å²) in [7, 11) is 2.90. The molecule has 3 aromatic rings. The van der Waals surface area contributed by atoms with Crippen LogP contribution in [0.2, 0.25) is 5.02 Å². The van der Waals surface area contributed by atoms with Crippen LogP contribution >= 0.6 is 11.6 Å². The summed E-state index contributed by atoms with van der Waals surface area (Å²) in [6, 6.07) is 9.38. The Morgan fingerprint density at radius 1 is 1.24 bits per heavy atom. The predicted molar refractivity (Wildman–Crippen MR) is 127 cm³/mol. The molecule has 2 unspecified atom stereocenters. The van der Waals surface area contributed by atoms with Crippen LogP contribution in [0.15, 0.2) is 42.1 Å². The molecule has 2 N–H and O–H groups in total. The van der Waals surface area contributed by atoms with Crippen LogP contribution in [0.25, 0.3) is 11.0 Å². The topological polar surface area (TPSA) is 103 Å². The van der Waals surface area contributed by atoms with Crippen LogP contribution in [0.4, 0.5) is 0 Å². The molecular formula is C25H24ClN3O5. The van der Waals surface area contributed by atoms with Crippen molar-refractivity contribution in [2.24, 2.45) is 5.92 Å². The number of imidazole rings is 1. The molecule has 1 aliphatic carbocycles. The number of carbonyl (C=O) groups excluding carboxylic acids is 2. The van der Waals surface area contributed by atoms with E-state index in [0.717, 1.165) is 22.6 Å². The van der Waals surface area contributed by atoms with Gasteiger partial charge < -0.3 is 24.5 Å². The number of carbonyl (C=O) groups is 2. The number of nitrogens with zero attached hydrogens (tertiary/aromatic N) is 1. The fourth-order valence-corrected chi connectivity index (χ4v) is 4.98. The molecule has 0 fully saturated rings. The zero-order valence-corrected chi connectivity index (χ0v) is 19.8. The molecule has 0 saturated heterocycles. The van der Waals surface area contributed by atoms with E-state index < -0.39 is 23.1 Å². The van der Waals surface area contributed by atoms with Gasteiger partial charge in [-0.05, 0) is 18.6 Å². The van der Waals surface area contributed by atoms with Gasteiger partial charge in [-0.1, -0.05) is 30.7 Å². The second-order valence-corrected chi connectivity index (χ2v) is 8.86. The molecule has 0 radical (unpaired) electrons. The SMILES string of the molecule is COc1cc(OC)c2c(c1Cl)OC1(C(=O)C=C(NCCc3nc4ccccc4[nH]3)CC1C)C2=O. The predicted octanol–water partition coefficient (Wildman–Crippen LogP) is 3.87. The second-order valence-electron chi connectivity index (χ2n) is 8.48. The molecule has 0 bridgehead atoms. The molecule has 5 rings (SSSR count). The van der Waals surface area contributed by atoms with E-state index in [1.165, 1.54) is 26.4 Å². The number of hydrogen-bond acceptors (Lipinski definition) is 7. The summed E-state index contributed by atoms with van der Waals surface area (Å²) in [5.74, 6) is 0.262. The minimum absolute atomic E-state index is 0.123. The number of fused-ring (bicyclic) bond motifs is 2. The first-order valence-electron chi connectivity index (χ1n) is 11.0. The minimum atomic E-state index is -1.67. The van der Waals surface area contributed by atoms with Crippen molar-refractivity contribution in [3.63, 3.8) is 0 Å². The number of aromatic amines is 1. The number of nitrogens with one attached hydrogen (secondary N) is 2. The quantitative estimate of drug-likeness (QED) is 0.515. The smallest absolute Gasteiger partial charge is 0.236 e. The maximum atomic E-state index is 13.5. The van der Waals surface area contributed by atoms with Crippen molar-refractivity contribution in [2.45, 2.75) is 25.4 Å². The van der Waals surface area contributed by atoms with Crippen LogP contribution in [-0.4, -0.2) is 47.9 Å².